The summed E-state index contributed by atoms with van der Waals surface area (Å²) in [5, 5.41) is 4.09. The molecule has 0 bridgehead atoms. The summed E-state index contributed by atoms with van der Waals surface area (Å²) in [6.07, 6.45) is 3.42. The lowest BCUT2D eigenvalue weighted by atomic mass is 10.1. The highest BCUT2D eigenvalue weighted by Gasteiger charge is 2.26. The number of hydrogen-bond acceptors (Lipinski definition) is 5. The summed E-state index contributed by atoms with van der Waals surface area (Å²) in [4.78, 5) is 32.0. The summed E-state index contributed by atoms with van der Waals surface area (Å²) in [5.74, 6) is -0.459. The Balaban J connectivity index is 1.50. The Bertz CT molecular complexity index is 1020. The van der Waals surface area contributed by atoms with Gasteiger partial charge in [0.1, 0.15) is 6.26 Å². The maximum Gasteiger partial charge on any atom is 0.260 e. The van der Waals surface area contributed by atoms with Crippen molar-refractivity contribution in [1.29, 1.82) is 0 Å². The molecule has 27 heavy (non-hydrogen) atoms. The van der Waals surface area contributed by atoms with Gasteiger partial charge in [0.25, 0.3) is 11.8 Å². The standard InChI is InChI=1S/C18H13Cl2N3O3S/c19-11-1-2-13(20)12(7-11)17(25)23-5-3-14-15(8-23)27-18(21-14)22-16(24)10-4-6-26-9-10/h1-2,4,6-7,9H,3,5,8H2,(H,21,22,24). The van der Waals surface area contributed by atoms with Crippen LogP contribution in [0.3, 0.4) is 0 Å². The summed E-state index contributed by atoms with van der Waals surface area (Å²) in [6, 6.07) is 6.42. The van der Waals surface area contributed by atoms with Crippen LogP contribution in [0, 0.1) is 0 Å². The van der Waals surface area contributed by atoms with Crippen LogP contribution in [0.15, 0.2) is 41.2 Å². The van der Waals surface area contributed by atoms with Gasteiger partial charge in [0, 0.05) is 22.9 Å². The molecule has 6 nitrogen and oxygen atoms in total. The molecule has 0 spiro atoms. The topological polar surface area (TPSA) is 75.4 Å². The fourth-order valence-corrected chi connectivity index (χ4v) is 4.21. The lowest BCUT2D eigenvalue weighted by Gasteiger charge is -2.26. The second-order valence-electron chi connectivity index (χ2n) is 5.96. The van der Waals surface area contributed by atoms with Gasteiger partial charge in [0.05, 0.1) is 34.7 Å². The van der Waals surface area contributed by atoms with Gasteiger partial charge in [-0.3, -0.25) is 14.9 Å². The minimum Gasteiger partial charge on any atom is -0.472 e. The molecule has 2 amide bonds. The van der Waals surface area contributed by atoms with Crippen molar-refractivity contribution in [3.8, 4) is 0 Å². The van der Waals surface area contributed by atoms with Crippen molar-refractivity contribution in [2.75, 3.05) is 11.9 Å². The highest BCUT2D eigenvalue weighted by atomic mass is 35.5. The van der Waals surface area contributed by atoms with E-state index < -0.39 is 0 Å². The first kappa shape index (κ1) is 18.0. The molecule has 1 aliphatic rings. The number of nitrogens with zero attached hydrogens (tertiary/aromatic N) is 2. The Labute approximate surface area is 168 Å². The third-order valence-corrected chi connectivity index (χ3v) is 5.74. The number of hydrogen-bond donors (Lipinski definition) is 1. The van der Waals surface area contributed by atoms with Gasteiger partial charge in [0.15, 0.2) is 5.13 Å². The van der Waals surface area contributed by atoms with E-state index >= 15 is 0 Å². The largest absolute Gasteiger partial charge is 0.472 e. The average molecular weight is 422 g/mol. The summed E-state index contributed by atoms with van der Waals surface area (Å²) in [5.41, 5.74) is 1.70. The Morgan fingerprint density at radius 3 is 2.89 bits per heavy atom. The van der Waals surface area contributed by atoms with E-state index in [0.717, 1.165) is 10.6 Å². The SMILES string of the molecule is O=C(Nc1nc2c(s1)CN(C(=O)c1cc(Cl)ccc1Cl)CC2)c1ccoc1. The molecule has 1 aliphatic heterocycles. The molecule has 0 fully saturated rings. The number of carbonyl (C=O) groups is 2. The van der Waals surface area contributed by atoms with Crippen LogP contribution in [0.25, 0.3) is 0 Å². The highest BCUT2D eigenvalue weighted by Crippen LogP contribution is 2.30. The van der Waals surface area contributed by atoms with Crippen LogP contribution in [-0.2, 0) is 13.0 Å². The number of anilines is 1. The van der Waals surface area contributed by atoms with E-state index in [9.17, 15) is 9.59 Å². The summed E-state index contributed by atoms with van der Waals surface area (Å²) >= 11 is 13.5. The van der Waals surface area contributed by atoms with Crippen molar-refractivity contribution in [3.05, 3.63) is 68.5 Å². The van der Waals surface area contributed by atoms with Crippen LogP contribution in [-0.4, -0.2) is 28.2 Å². The second kappa shape index (κ2) is 7.34. The minimum atomic E-state index is -0.284. The van der Waals surface area contributed by atoms with E-state index in [-0.39, 0.29) is 11.8 Å². The van der Waals surface area contributed by atoms with Crippen LogP contribution in [0.1, 0.15) is 31.3 Å². The highest BCUT2D eigenvalue weighted by molar-refractivity contribution is 7.15. The van der Waals surface area contributed by atoms with Crippen molar-refractivity contribution in [1.82, 2.24) is 9.88 Å². The zero-order valence-electron chi connectivity index (χ0n) is 13.9. The molecule has 0 atom stereocenters. The van der Waals surface area contributed by atoms with Crippen molar-refractivity contribution >= 4 is 51.5 Å². The molecule has 3 heterocycles. The number of fused-ring (bicyclic) bond motifs is 1. The number of nitrogens with one attached hydrogen (secondary N) is 1. The van der Waals surface area contributed by atoms with Gasteiger partial charge in [-0.05, 0) is 24.3 Å². The number of furan rings is 1. The zero-order chi connectivity index (χ0) is 19.0. The molecule has 0 unspecified atom stereocenters. The second-order valence-corrected chi connectivity index (χ2v) is 7.88. The lowest BCUT2D eigenvalue weighted by Crippen LogP contribution is -2.35. The molecule has 9 heteroatoms. The van der Waals surface area contributed by atoms with Gasteiger partial charge in [-0.15, -0.1) is 0 Å². The van der Waals surface area contributed by atoms with E-state index in [1.165, 1.54) is 23.9 Å². The van der Waals surface area contributed by atoms with E-state index in [0.29, 0.717) is 45.8 Å². The number of carbonyl (C=O) groups excluding carboxylic acids is 2. The van der Waals surface area contributed by atoms with Gasteiger partial charge in [-0.25, -0.2) is 4.98 Å². The number of rotatable bonds is 3. The van der Waals surface area contributed by atoms with Crippen molar-refractivity contribution in [2.24, 2.45) is 0 Å². The normalized spacial score (nSPS) is 13.3. The van der Waals surface area contributed by atoms with Crippen LogP contribution < -0.4 is 5.32 Å². The van der Waals surface area contributed by atoms with Crippen molar-refractivity contribution < 1.29 is 14.0 Å². The van der Waals surface area contributed by atoms with Gasteiger partial charge in [0.2, 0.25) is 0 Å². The number of thiazole rings is 1. The smallest absolute Gasteiger partial charge is 0.260 e. The monoisotopic (exact) mass is 421 g/mol. The molecule has 0 saturated heterocycles. The average Bonchev–Trinajstić information content (AvgIpc) is 3.31. The molecule has 3 aromatic rings. The first-order chi connectivity index (χ1) is 13.0. The minimum absolute atomic E-state index is 0.175. The zero-order valence-corrected chi connectivity index (χ0v) is 16.2. The Morgan fingerprint density at radius 1 is 1.26 bits per heavy atom. The van der Waals surface area contributed by atoms with Gasteiger partial charge in [-0.2, -0.15) is 0 Å². The van der Waals surface area contributed by atoms with Crippen LogP contribution in [0.2, 0.25) is 10.0 Å². The molecular formula is C18H13Cl2N3O3S. The fourth-order valence-electron chi connectivity index (χ4n) is 2.82. The Hall–Kier alpha value is -2.35. The number of benzene rings is 1. The predicted octanol–water partition coefficient (Wildman–Crippen LogP) is 4.49. The fraction of sp³-hybridized carbons (Fsp3) is 0.167. The van der Waals surface area contributed by atoms with Crippen molar-refractivity contribution in [3.63, 3.8) is 0 Å². The predicted molar refractivity (Wildman–Crippen MR) is 104 cm³/mol. The molecule has 0 radical (unpaired) electrons. The Morgan fingerprint density at radius 2 is 2.11 bits per heavy atom. The number of halogens is 2. The van der Waals surface area contributed by atoms with E-state index in [2.05, 4.69) is 10.3 Å². The third kappa shape index (κ3) is 3.71. The molecule has 138 valence electrons. The summed E-state index contributed by atoms with van der Waals surface area (Å²) in [6.45, 7) is 0.934. The van der Waals surface area contributed by atoms with Gasteiger partial charge < -0.3 is 9.32 Å². The van der Waals surface area contributed by atoms with Crippen LogP contribution in [0.5, 0.6) is 0 Å². The maximum absolute atomic E-state index is 12.8. The molecule has 1 aromatic carbocycles. The quantitative estimate of drug-likeness (QED) is 0.675. The summed E-state index contributed by atoms with van der Waals surface area (Å²) < 4.78 is 4.91. The molecular weight excluding hydrogens is 409 g/mol. The van der Waals surface area contributed by atoms with E-state index in [1.807, 2.05) is 0 Å². The van der Waals surface area contributed by atoms with E-state index in [4.69, 9.17) is 27.6 Å². The van der Waals surface area contributed by atoms with Gasteiger partial charge in [-0.1, -0.05) is 34.5 Å². The maximum atomic E-state index is 12.8. The number of amides is 2. The molecule has 0 aliphatic carbocycles. The third-order valence-electron chi connectivity index (χ3n) is 4.18. The first-order valence-electron chi connectivity index (χ1n) is 8.07. The lowest BCUT2D eigenvalue weighted by molar-refractivity contribution is 0.0736. The van der Waals surface area contributed by atoms with Crippen LogP contribution >= 0.6 is 34.5 Å². The van der Waals surface area contributed by atoms with E-state index in [1.54, 1.807) is 29.2 Å². The van der Waals surface area contributed by atoms with Crippen molar-refractivity contribution in [2.45, 2.75) is 13.0 Å². The van der Waals surface area contributed by atoms with Gasteiger partial charge >= 0.3 is 0 Å². The van der Waals surface area contributed by atoms with Crippen LogP contribution in [0.4, 0.5) is 5.13 Å². The Kier molecular flexibility index (Phi) is 4.90. The molecule has 0 saturated carbocycles. The summed E-state index contributed by atoms with van der Waals surface area (Å²) in [7, 11) is 0. The molecule has 2 aromatic heterocycles. The molecule has 1 N–H and O–H groups in total. The molecule has 4 rings (SSSR count). The number of aromatic nitrogens is 1. The first-order valence-corrected chi connectivity index (χ1v) is 9.65.